The van der Waals surface area contributed by atoms with Crippen molar-refractivity contribution in [1.29, 1.82) is 0 Å². The van der Waals surface area contributed by atoms with Crippen molar-refractivity contribution in [3.8, 4) is 0 Å². The van der Waals surface area contributed by atoms with E-state index in [0.29, 0.717) is 0 Å². The Morgan fingerprint density at radius 3 is 2.62 bits per heavy atom. The van der Waals surface area contributed by atoms with Crippen LogP contribution in [0, 0.1) is 5.92 Å². The number of nitrogens with zero attached hydrogens (tertiary/aromatic N) is 1. The molecule has 2 rings (SSSR count). The van der Waals surface area contributed by atoms with Crippen LogP contribution in [0.4, 0.5) is 0 Å². The second-order valence-electron chi connectivity index (χ2n) is 4.78. The summed E-state index contributed by atoms with van der Waals surface area (Å²) in [6.07, 6.45) is 5.60. The molecule has 2 aliphatic heterocycles. The molecule has 13 heavy (non-hydrogen) atoms. The van der Waals surface area contributed by atoms with Gasteiger partial charge in [-0.05, 0) is 51.2 Å². The Morgan fingerprint density at radius 2 is 2.00 bits per heavy atom. The predicted molar refractivity (Wildman–Crippen MR) is 55.9 cm³/mol. The number of nitrogens with one attached hydrogen (secondary N) is 1. The van der Waals surface area contributed by atoms with Crippen molar-refractivity contribution in [1.82, 2.24) is 10.2 Å². The fourth-order valence-corrected chi connectivity index (χ4v) is 2.47. The van der Waals surface area contributed by atoms with Crippen molar-refractivity contribution in [2.45, 2.75) is 38.6 Å². The molecule has 0 aromatic rings. The van der Waals surface area contributed by atoms with Gasteiger partial charge in [0, 0.05) is 12.6 Å². The van der Waals surface area contributed by atoms with E-state index in [2.05, 4.69) is 17.1 Å². The first kappa shape index (κ1) is 9.47. The molecule has 2 heteroatoms. The van der Waals surface area contributed by atoms with E-state index in [1.54, 1.807) is 0 Å². The molecule has 0 amide bonds. The summed E-state index contributed by atoms with van der Waals surface area (Å²) in [5, 5.41) is 3.57. The van der Waals surface area contributed by atoms with E-state index in [1.165, 1.54) is 51.9 Å². The molecule has 0 aliphatic carbocycles. The molecule has 2 nitrogen and oxygen atoms in total. The van der Waals surface area contributed by atoms with Gasteiger partial charge in [0.25, 0.3) is 0 Å². The first-order chi connectivity index (χ1) is 6.34. The largest absolute Gasteiger partial charge is 0.313 e. The van der Waals surface area contributed by atoms with Crippen molar-refractivity contribution in [3.63, 3.8) is 0 Å². The van der Waals surface area contributed by atoms with E-state index in [0.717, 1.165) is 12.0 Å². The third-order valence-electron chi connectivity index (χ3n) is 3.52. The maximum absolute atomic E-state index is 3.57. The zero-order chi connectivity index (χ0) is 9.10. The lowest BCUT2D eigenvalue weighted by Gasteiger charge is -2.32. The Hall–Kier alpha value is -0.0800. The smallest absolute Gasteiger partial charge is 0.0195 e. The summed E-state index contributed by atoms with van der Waals surface area (Å²) in [6, 6.07) is 0.799. The lowest BCUT2D eigenvalue weighted by atomic mass is 9.99. The molecule has 0 spiro atoms. The second kappa shape index (κ2) is 4.43. The number of likely N-dealkylation sites (tertiary alicyclic amines) is 1. The molecule has 2 saturated heterocycles. The van der Waals surface area contributed by atoms with Gasteiger partial charge in [-0.3, -0.25) is 0 Å². The molecular weight excluding hydrogens is 160 g/mol. The summed E-state index contributed by atoms with van der Waals surface area (Å²) < 4.78 is 0. The minimum absolute atomic E-state index is 0.799. The van der Waals surface area contributed by atoms with Gasteiger partial charge >= 0.3 is 0 Å². The zero-order valence-corrected chi connectivity index (χ0v) is 8.76. The van der Waals surface area contributed by atoms with Crippen molar-refractivity contribution >= 4 is 0 Å². The van der Waals surface area contributed by atoms with Gasteiger partial charge in [-0.2, -0.15) is 0 Å². The Kier molecular flexibility index (Phi) is 3.23. The van der Waals surface area contributed by atoms with Crippen molar-refractivity contribution in [2.75, 3.05) is 26.2 Å². The molecule has 0 aromatic carbocycles. The van der Waals surface area contributed by atoms with Gasteiger partial charge in [0.05, 0.1) is 0 Å². The number of hydrogen-bond donors (Lipinski definition) is 1. The van der Waals surface area contributed by atoms with Crippen LogP contribution in [-0.4, -0.2) is 37.1 Å². The van der Waals surface area contributed by atoms with Crippen LogP contribution in [0.1, 0.15) is 32.6 Å². The maximum Gasteiger partial charge on any atom is 0.0195 e. The summed E-state index contributed by atoms with van der Waals surface area (Å²) in [5.41, 5.74) is 0. The SMILES string of the molecule is CC1CCN(C[C@H]2CCCN2)CC1. The topological polar surface area (TPSA) is 15.3 Å². The quantitative estimate of drug-likeness (QED) is 0.695. The second-order valence-corrected chi connectivity index (χ2v) is 4.78. The summed E-state index contributed by atoms with van der Waals surface area (Å²) in [6.45, 7) is 7.59. The molecule has 2 aliphatic rings. The first-order valence-corrected chi connectivity index (χ1v) is 5.80. The monoisotopic (exact) mass is 182 g/mol. The van der Waals surface area contributed by atoms with Gasteiger partial charge in [-0.1, -0.05) is 6.92 Å². The summed E-state index contributed by atoms with van der Waals surface area (Å²) in [4.78, 5) is 2.64. The normalized spacial score (nSPS) is 32.5. The molecule has 0 saturated carbocycles. The van der Waals surface area contributed by atoms with E-state index in [4.69, 9.17) is 0 Å². The molecular formula is C11H22N2. The predicted octanol–water partition coefficient (Wildman–Crippen LogP) is 1.47. The number of rotatable bonds is 2. The highest BCUT2D eigenvalue weighted by Gasteiger charge is 2.20. The van der Waals surface area contributed by atoms with Crippen molar-refractivity contribution in [2.24, 2.45) is 5.92 Å². The summed E-state index contributed by atoms with van der Waals surface area (Å²) in [7, 11) is 0. The highest BCUT2D eigenvalue weighted by molar-refractivity contribution is 4.79. The van der Waals surface area contributed by atoms with E-state index in [1.807, 2.05) is 0 Å². The molecule has 2 heterocycles. The highest BCUT2D eigenvalue weighted by atomic mass is 15.2. The molecule has 0 unspecified atom stereocenters. The molecule has 76 valence electrons. The van der Waals surface area contributed by atoms with Crippen LogP contribution in [0.25, 0.3) is 0 Å². The Balaban J connectivity index is 1.69. The first-order valence-electron chi connectivity index (χ1n) is 5.80. The van der Waals surface area contributed by atoms with Crippen LogP contribution in [0.5, 0.6) is 0 Å². The molecule has 0 radical (unpaired) electrons. The number of hydrogen-bond acceptors (Lipinski definition) is 2. The zero-order valence-electron chi connectivity index (χ0n) is 8.76. The van der Waals surface area contributed by atoms with Crippen LogP contribution in [0.2, 0.25) is 0 Å². The third-order valence-corrected chi connectivity index (χ3v) is 3.52. The third kappa shape index (κ3) is 2.68. The standard InChI is InChI=1S/C11H22N2/c1-10-4-7-13(8-5-10)9-11-3-2-6-12-11/h10-12H,2-9H2,1H3/t11-/m1/s1. The van der Waals surface area contributed by atoms with E-state index >= 15 is 0 Å². The number of piperidine rings is 1. The average Bonchev–Trinajstić information content (AvgIpc) is 2.62. The molecule has 0 bridgehead atoms. The molecule has 2 fully saturated rings. The van der Waals surface area contributed by atoms with Gasteiger partial charge in [0.15, 0.2) is 0 Å². The maximum atomic E-state index is 3.57. The highest BCUT2D eigenvalue weighted by Crippen LogP contribution is 2.17. The van der Waals surface area contributed by atoms with E-state index in [9.17, 15) is 0 Å². The van der Waals surface area contributed by atoms with Crippen LogP contribution in [0.15, 0.2) is 0 Å². The molecule has 1 N–H and O–H groups in total. The molecule has 0 aromatic heterocycles. The van der Waals surface area contributed by atoms with Crippen LogP contribution in [-0.2, 0) is 0 Å². The Morgan fingerprint density at radius 1 is 1.23 bits per heavy atom. The lowest BCUT2D eigenvalue weighted by molar-refractivity contribution is 0.179. The van der Waals surface area contributed by atoms with Crippen LogP contribution in [0.3, 0.4) is 0 Å². The van der Waals surface area contributed by atoms with Gasteiger partial charge < -0.3 is 10.2 Å². The van der Waals surface area contributed by atoms with Crippen LogP contribution < -0.4 is 5.32 Å². The van der Waals surface area contributed by atoms with Gasteiger partial charge in [-0.15, -0.1) is 0 Å². The Bertz CT molecular complexity index is 144. The molecule has 1 atom stereocenters. The minimum atomic E-state index is 0.799. The summed E-state index contributed by atoms with van der Waals surface area (Å²) in [5.74, 6) is 0.966. The van der Waals surface area contributed by atoms with Crippen molar-refractivity contribution < 1.29 is 0 Å². The summed E-state index contributed by atoms with van der Waals surface area (Å²) >= 11 is 0. The average molecular weight is 182 g/mol. The fraction of sp³-hybridized carbons (Fsp3) is 1.00. The van der Waals surface area contributed by atoms with Gasteiger partial charge in [0.2, 0.25) is 0 Å². The van der Waals surface area contributed by atoms with Crippen molar-refractivity contribution in [3.05, 3.63) is 0 Å². The van der Waals surface area contributed by atoms with E-state index < -0.39 is 0 Å². The minimum Gasteiger partial charge on any atom is -0.313 e. The van der Waals surface area contributed by atoms with Gasteiger partial charge in [0.1, 0.15) is 0 Å². The van der Waals surface area contributed by atoms with Gasteiger partial charge in [-0.25, -0.2) is 0 Å². The lowest BCUT2D eigenvalue weighted by Crippen LogP contribution is -2.41. The fourth-order valence-electron chi connectivity index (χ4n) is 2.47. The Labute approximate surface area is 81.7 Å². The van der Waals surface area contributed by atoms with Crippen LogP contribution >= 0.6 is 0 Å². The van der Waals surface area contributed by atoms with E-state index in [-0.39, 0.29) is 0 Å².